The summed E-state index contributed by atoms with van der Waals surface area (Å²) in [6, 6.07) is 0. The summed E-state index contributed by atoms with van der Waals surface area (Å²) in [6.07, 6.45) is 5.70. The second-order valence-corrected chi connectivity index (χ2v) is 5.83. The van der Waals surface area contributed by atoms with Gasteiger partial charge < -0.3 is 5.11 Å². The van der Waals surface area contributed by atoms with Crippen LogP contribution in [-0.4, -0.2) is 11.1 Å². The molecular weight excluding hydrogens is 176 g/mol. The summed E-state index contributed by atoms with van der Waals surface area (Å²) in [5, 5.41) is 9.21. The molecule has 2 atom stereocenters. The third-order valence-corrected chi connectivity index (χ3v) is 4.69. The van der Waals surface area contributed by atoms with Gasteiger partial charge in [0.15, 0.2) is 0 Å². The first-order chi connectivity index (χ1) is 6.57. The first-order valence-electron chi connectivity index (χ1n) is 5.66. The summed E-state index contributed by atoms with van der Waals surface area (Å²) in [6.45, 7) is 4.33. The van der Waals surface area contributed by atoms with Crippen molar-refractivity contribution in [1.29, 1.82) is 0 Å². The van der Waals surface area contributed by atoms with E-state index in [9.17, 15) is 9.90 Å². The van der Waals surface area contributed by atoms with Crippen molar-refractivity contribution in [2.45, 2.75) is 32.1 Å². The van der Waals surface area contributed by atoms with Crippen LogP contribution in [0.5, 0.6) is 0 Å². The monoisotopic (exact) mass is 193 g/mol. The molecule has 4 aliphatic carbocycles. The van der Waals surface area contributed by atoms with E-state index in [4.69, 9.17) is 0 Å². The summed E-state index contributed by atoms with van der Waals surface area (Å²) in [4.78, 5) is 11.2. The van der Waals surface area contributed by atoms with Crippen LogP contribution in [0.1, 0.15) is 32.1 Å². The predicted octanol–water partition coefficient (Wildman–Crippen LogP) is 2.35. The van der Waals surface area contributed by atoms with Crippen LogP contribution in [0.4, 0.5) is 0 Å². The molecule has 4 saturated carbocycles. The maximum Gasteiger partial charge on any atom is 0.307 e. The zero-order valence-corrected chi connectivity index (χ0v) is 8.41. The van der Waals surface area contributed by atoms with Crippen molar-refractivity contribution in [3.05, 3.63) is 6.92 Å². The van der Waals surface area contributed by atoms with Gasteiger partial charge in [-0.25, -0.2) is 0 Å². The molecule has 0 aromatic heterocycles. The lowest BCUT2D eigenvalue weighted by atomic mass is 9.47. The maximum absolute atomic E-state index is 11.2. The van der Waals surface area contributed by atoms with Gasteiger partial charge in [0.2, 0.25) is 0 Å². The van der Waals surface area contributed by atoms with E-state index in [-0.39, 0.29) is 11.3 Å². The zero-order chi connectivity index (χ0) is 9.92. The SMILES string of the molecule is [CH2]C12CC3CC(C1)C(C(=O)O)C(C3)C2. The highest BCUT2D eigenvalue weighted by atomic mass is 16.4. The van der Waals surface area contributed by atoms with Crippen LogP contribution in [0.15, 0.2) is 0 Å². The van der Waals surface area contributed by atoms with Crippen LogP contribution in [-0.2, 0) is 4.79 Å². The quantitative estimate of drug-likeness (QED) is 0.694. The Morgan fingerprint density at radius 2 is 1.79 bits per heavy atom. The Labute approximate surface area is 84.7 Å². The van der Waals surface area contributed by atoms with E-state index in [0.29, 0.717) is 11.8 Å². The van der Waals surface area contributed by atoms with Crippen LogP contribution in [0, 0.1) is 36.0 Å². The van der Waals surface area contributed by atoms with Gasteiger partial charge in [-0.15, -0.1) is 0 Å². The number of aliphatic carboxylic acids is 1. The molecule has 4 aliphatic rings. The number of carbonyl (C=O) groups is 1. The second kappa shape index (κ2) is 2.53. The van der Waals surface area contributed by atoms with Crippen LogP contribution < -0.4 is 0 Å². The second-order valence-electron chi connectivity index (χ2n) is 5.83. The number of carboxylic acid groups (broad SMARTS) is 1. The molecule has 2 heteroatoms. The Kier molecular flexibility index (Phi) is 1.58. The number of carboxylic acids is 1. The number of rotatable bonds is 1. The fraction of sp³-hybridized carbons (Fsp3) is 0.833. The van der Waals surface area contributed by atoms with Gasteiger partial charge in [0.05, 0.1) is 5.92 Å². The highest BCUT2D eigenvalue weighted by Crippen LogP contribution is 2.61. The minimum absolute atomic E-state index is 0.0403. The van der Waals surface area contributed by atoms with Crippen LogP contribution >= 0.6 is 0 Å². The fourth-order valence-electron chi connectivity index (χ4n) is 4.60. The summed E-state index contributed by atoms with van der Waals surface area (Å²) in [7, 11) is 0. The zero-order valence-electron chi connectivity index (χ0n) is 8.41. The molecular formula is C12H17O2. The molecule has 2 unspecified atom stereocenters. The van der Waals surface area contributed by atoms with E-state index in [0.717, 1.165) is 31.6 Å². The summed E-state index contributed by atoms with van der Waals surface area (Å²) in [5.41, 5.74) is 0.252. The smallest absolute Gasteiger partial charge is 0.307 e. The fourth-order valence-corrected chi connectivity index (χ4v) is 4.60. The van der Waals surface area contributed by atoms with Crippen LogP contribution in [0.3, 0.4) is 0 Å². The molecule has 1 radical (unpaired) electrons. The lowest BCUT2D eigenvalue weighted by Crippen LogP contribution is -2.52. The number of hydrogen-bond donors (Lipinski definition) is 1. The molecule has 0 aromatic rings. The van der Waals surface area contributed by atoms with Gasteiger partial charge in [-0.05, 0) is 62.2 Å². The van der Waals surface area contributed by atoms with Crippen molar-refractivity contribution in [2.24, 2.45) is 29.1 Å². The molecule has 0 aliphatic heterocycles. The molecule has 77 valence electrons. The highest BCUT2D eigenvalue weighted by molar-refractivity contribution is 5.71. The molecule has 14 heavy (non-hydrogen) atoms. The van der Waals surface area contributed by atoms with Crippen LogP contribution in [0.25, 0.3) is 0 Å². The minimum Gasteiger partial charge on any atom is -0.481 e. The van der Waals surface area contributed by atoms with E-state index in [1.54, 1.807) is 0 Å². The van der Waals surface area contributed by atoms with Gasteiger partial charge >= 0.3 is 5.97 Å². The van der Waals surface area contributed by atoms with Crippen molar-refractivity contribution in [2.75, 3.05) is 0 Å². The Morgan fingerprint density at radius 1 is 1.21 bits per heavy atom. The average Bonchev–Trinajstić information content (AvgIpc) is 1.97. The van der Waals surface area contributed by atoms with Crippen molar-refractivity contribution in [3.8, 4) is 0 Å². The largest absolute Gasteiger partial charge is 0.481 e. The van der Waals surface area contributed by atoms with Crippen molar-refractivity contribution >= 4 is 5.97 Å². The predicted molar refractivity (Wildman–Crippen MR) is 52.5 cm³/mol. The summed E-state index contributed by atoms with van der Waals surface area (Å²) < 4.78 is 0. The highest BCUT2D eigenvalue weighted by Gasteiger charge is 2.55. The first kappa shape index (κ1) is 8.75. The Morgan fingerprint density at radius 3 is 2.21 bits per heavy atom. The molecule has 0 amide bonds. The molecule has 4 bridgehead atoms. The lowest BCUT2D eigenvalue weighted by molar-refractivity contribution is -0.159. The van der Waals surface area contributed by atoms with Gasteiger partial charge in [-0.1, -0.05) is 0 Å². The Balaban J connectivity index is 1.93. The summed E-state index contributed by atoms with van der Waals surface area (Å²) >= 11 is 0. The van der Waals surface area contributed by atoms with Crippen LogP contribution in [0.2, 0.25) is 0 Å². The van der Waals surface area contributed by atoms with E-state index >= 15 is 0 Å². The lowest BCUT2D eigenvalue weighted by Gasteiger charge is -2.57. The van der Waals surface area contributed by atoms with Crippen molar-refractivity contribution in [3.63, 3.8) is 0 Å². The molecule has 2 nitrogen and oxygen atoms in total. The minimum atomic E-state index is -0.553. The molecule has 4 fully saturated rings. The molecule has 0 heterocycles. The Bertz CT molecular complexity index is 268. The van der Waals surface area contributed by atoms with Crippen molar-refractivity contribution < 1.29 is 9.90 Å². The van der Waals surface area contributed by atoms with Gasteiger partial charge in [-0.3, -0.25) is 4.79 Å². The standard InChI is InChI=1S/C12H17O2/c1-12-4-7-2-8(5-12)10(11(13)14)9(3-7)6-12/h7-10H,1-6H2,(H,13,14). The first-order valence-corrected chi connectivity index (χ1v) is 5.66. The molecule has 0 saturated heterocycles. The summed E-state index contributed by atoms with van der Waals surface area (Å²) in [5.74, 6) is 1.08. The van der Waals surface area contributed by atoms with E-state index in [1.807, 2.05) is 0 Å². The molecule has 4 rings (SSSR count). The van der Waals surface area contributed by atoms with Gasteiger partial charge in [0.1, 0.15) is 0 Å². The molecule has 1 N–H and O–H groups in total. The third-order valence-electron chi connectivity index (χ3n) is 4.69. The van der Waals surface area contributed by atoms with Gasteiger partial charge in [0.25, 0.3) is 0 Å². The number of hydrogen-bond acceptors (Lipinski definition) is 1. The van der Waals surface area contributed by atoms with Crippen molar-refractivity contribution in [1.82, 2.24) is 0 Å². The van der Waals surface area contributed by atoms with E-state index in [1.165, 1.54) is 6.42 Å². The average molecular weight is 193 g/mol. The molecule has 0 aromatic carbocycles. The maximum atomic E-state index is 11.2. The Hall–Kier alpha value is -0.530. The van der Waals surface area contributed by atoms with Gasteiger partial charge in [-0.2, -0.15) is 0 Å². The van der Waals surface area contributed by atoms with E-state index < -0.39 is 5.97 Å². The normalized spacial score (nSPS) is 54.9. The van der Waals surface area contributed by atoms with Gasteiger partial charge in [0, 0.05) is 0 Å². The van der Waals surface area contributed by atoms with E-state index in [2.05, 4.69) is 6.92 Å². The topological polar surface area (TPSA) is 37.3 Å². The third kappa shape index (κ3) is 1.06. The molecule has 0 spiro atoms.